The number of benzene rings is 1. The summed E-state index contributed by atoms with van der Waals surface area (Å²) in [5.41, 5.74) is 0.322. The maximum absolute atomic E-state index is 10.8. The molecule has 2 unspecified atom stereocenters. The van der Waals surface area contributed by atoms with Gasteiger partial charge in [0, 0.05) is 43.9 Å². The van der Waals surface area contributed by atoms with Crippen LogP contribution in [0.5, 0.6) is 5.75 Å². The quantitative estimate of drug-likeness (QED) is 0.840. The first-order chi connectivity index (χ1) is 10.9. The van der Waals surface area contributed by atoms with E-state index in [-0.39, 0.29) is 5.92 Å². The van der Waals surface area contributed by atoms with Crippen molar-refractivity contribution in [3.05, 3.63) is 27.7 Å². The summed E-state index contributed by atoms with van der Waals surface area (Å²) in [5, 5.41) is 11.9. The van der Waals surface area contributed by atoms with Crippen molar-refractivity contribution in [1.29, 1.82) is 0 Å². The lowest BCUT2D eigenvalue weighted by Gasteiger charge is -2.43. The summed E-state index contributed by atoms with van der Waals surface area (Å²) in [6.45, 7) is 5.00. The standard InChI is InChI=1S/C17H25Cl2NO3/c1-12-10-20(6-4-17(12,21)5-7-22-2)11-13-8-14(18)9-15(19)16(13)23-3/h8-9,12,21H,4-7,10-11H2,1-3H3. The van der Waals surface area contributed by atoms with Crippen LogP contribution in [-0.2, 0) is 11.3 Å². The number of likely N-dealkylation sites (tertiary alicyclic amines) is 1. The van der Waals surface area contributed by atoms with Gasteiger partial charge in [-0.05, 0) is 30.9 Å². The predicted octanol–water partition coefficient (Wildman–Crippen LogP) is 3.61. The molecule has 2 atom stereocenters. The Balaban J connectivity index is 2.06. The molecule has 130 valence electrons. The number of piperidine rings is 1. The van der Waals surface area contributed by atoms with Gasteiger partial charge in [-0.2, -0.15) is 0 Å². The molecule has 0 amide bonds. The lowest BCUT2D eigenvalue weighted by atomic mass is 9.80. The van der Waals surface area contributed by atoms with E-state index in [9.17, 15) is 5.11 Å². The van der Waals surface area contributed by atoms with Gasteiger partial charge in [-0.1, -0.05) is 30.1 Å². The van der Waals surface area contributed by atoms with Crippen LogP contribution in [0.4, 0.5) is 0 Å². The van der Waals surface area contributed by atoms with Crippen LogP contribution in [0.2, 0.25) is 10.0 Å². The molecule has 0 bridgehead atoms. The Morgan fingerprint density at radius 3 is 2.70 bits per heavy atom. The smallest absolute Gasteiger partial charge is 0.142 e. The Morgan fingerprint density at radius 2 is 2.09 bits per heavy atom. The van der Waals surface area contributed by atoms with Gasteiger partial charge in [-0.15, -0.1) is 0 Å². The molecule has 2 rings (SSSR count). The summed E-state index contributed by atoms with van der Waals surface area (Å²) in [5.74, 6) is 0.844. The lowest BCUT2D eigenvalue weighted by molar-refractivity contribution is -0.0827. The number of rotatable bonds is 6. The molecule has 0 aromatic heterocycles. The number of hydrogen-bond acceptors (Lipinski definition) is 4. The molecule has 6 heteroatoms. The van der Waals surface area contributed by atoms with Crippen molar-refractivity contribution < 1.29 is 14.6 Å². The van der Waals surface area contributed by atoms with E-state index in [1.807, 2.05) is 6.07 Å². The molecule has 4 nitrogen and oxygen atoms in total. The van der Waals surface area contributed by atoms with Gasteiger partial charge in [0.25, 0.3) is 0 Å². The fourth-order valence-corrected chi connectivity index (χ4v) is 3.85. The predicted molar refractivity (Wildman–Crippen MR) is 93.5 cm³/mol. The third kappa shape index (κ3) is 4.52. The molecule has 0 spiro atoms. The Hall–Kier alpha value is -0.520. The number of ether oxygens (including phenoxy) is 2. The minimum Gasteiger partial charge on any atom is -0.495 e. The minimum atomic E-state index is -0.650. The van der Waals surface area contributed by atoms with Crippen LogP contribution in [0.15, 0.2) is 12.1 Å². The number of halogens is 2. The second-order valence-electron chi connectivity index (χ2n) is 6.31. The van der Waals surface area contributed by atoms with Crippen LogP contribution in [0.1, 0.15) is 25.3 Å². The maximum Gasteiger partial charge on any atom is 0.142 e. The molecule has 0 aliphatic carbocycles. The van der Waals surface area contributed by atoms with Gasteiger partial charge >= 0.3 is 0 Å². The van der Waals surface area contributed by atoms with E-state index in [4.69, 9.17) is 32.7 Å². The first-order valence-corrected chi connectivity index (χ1v) is 8.61. The lowest BCUT2D eigenvalue weighted by Crippen LogP contribution is -2.51. The zero-order valence-electron chi connectivity index (χ0n) is 13.9. The molecule has 1 aliphatic rings. The van der Waals surface area contributed by atoms with Gasteiger partial charge in [0.1, 0.15) is 5.75 Å². The average Bonchev–Trinajstić information content (AvgIpc) is 2.49. The molecular formula is C17H25Cl2NO3. The highest BCUT2D eigenvalue weighted by Crippen LogP contribution is 2.35. The fraction of sp³-hybridized carbons (Fsp3) is 0.647. The second kappa shape index (κ2) is 8.04. The molecule has 1 aromatic rings. The average molecular weight is 362 g/mol. The van der Waals surface area contributed by atoms with Crippen LogP contribution in [-0.4, -0.2) is 49.5 Å². The van der Waals surface area contributed by atoms with Crippen LogP contribution in [0.25, 0.3) is 0 Å². The molecular weight excluding hydrogens is 337 g/mol. The van der Waals surface area contributed by atoms with Gasteiger partial charge in [0.2, 0.25) is 0 Å². The van der Waals surface area contributed by atoms with E-state index in [1.54, 1.807) is 20.3 Å². The summed E-state index contributed by atoms with van der Waals surface area (Å²) in [6, 6.07) is 3.58. The van der Waals surface area contributed by atoms with Crippen LogP contribution < -0.4 is 4.74 Å². The van der Waals surface area contributed by atoms with Crippen molar-refractivity contribution in [2.75, 3.05) is 33.9 Å². The Morgan fingerprint density at radius 1 is 1.35 bits per heavy atom. The zero-order chi connectivity index (χ0) is 17.0. The van der Waals surface area contributed by atoms with Crippen molar-refractivity contribution in [3.8, 4) is 5.75 Å². The van der Waals surface area contributed by atoms with E-state index in [1.165, 1.54) is 0 Å². The van der Waals surface area contributed by atoms with Crippen LogP contribution in [0.3, 0.4) is 0 Å². The minimum absolute atomic E-state index is 0.173. The Bertz CT molecular complexity index is 541. The van der Waals surface area contributed by atoms with Gasteiger partial charge in [0.05, 0.1) is 17.7 Å². The summed E-state index contributed by atoms with van der Waals surface area (Å²) < 4.78 is 10.5. The van der Waals surface area contributed by atoms with E-state index < -0.39 is 5.60 Å². The molecule has 0 saturated carbocycles. The number of hydrogen-bond donors (Lipinski definition) is 1. The molecule has 1 aliphatic heterocycles. The molecule has 0 radical (unpaired) electrons. The van der Waals surface area contributed by atoms with Gasteiger partial charge in [-0.3, -0.25) is 4.90 Å². The zero-order valence-corrected chi connectivity index (χ0v) is 15.5. The van der Waals surface area contributed by atoms with E-state index >= 15 is 0 Å². The fourth-order valence-electron chi connectivity index (χ4n) is 3.24. The van der Waals surface area contributed by atoms with Crippen molar-refractivity contribution >= 4 is 23.2 Å². The van der Waals surface area contributed by atoms with E-state index in [0.29, 0.717) is 35.4 Å². The second-order valence-corrected chi connectivity index (χ2v) is 7.16. The SMILES string of the molecule is COCCC1(O)CCN(Cc2cc(Cl)cc(Cl)c2OC)CC1C. The number of nitrogens with zero attached hydrogens (tertiary/aromatic N) is 1. The largest absolute Gasteiger partial charge is 0.495 e. The van der Waals surface area contributed by atoms with Crippen LogP contribution in [0, 0.1) is 5.92 Å². The Kier molecular flexibility index (Phi) is 6.57. The highest BCUT2D eigenvalue weighted by Gasteiger charge is 2.38. The number of aliphatic hydroxyl groups is 1. The normalized spacial score (nSPS) is 25.6. The molecule has 23 heavy (non-hydrogen) atoms. The molecule has 1 saturated heterocycles. The van der Waals surface area contributed by atoms with Gasteiger partial charge < -0.3 is 14.6 Å². The monoisotopic (exact) mass is 361 g/mol. The Labute approximate surface area is 148 Å². The summed E-state index contributed by atoms with van der Waals surface area (Å²) in [6.07, 6.45) is 1.40. The van der Waals surface area contributed by atoms with Crippen LogP contribution >= 0.6 is 23.2 Å². The first-order valence-electron chi connectivity index (χ1n) is 7.85. The van der Waals surface area contributed by atoms with Crippen molar-refractivity contribution in [3.63, 3.8) is 0 Å². The maximum atomic E-state index is 10.8. The highest BCUT2D eigenvalue weighted by molar-refractivity contribution is 6.35. The summed E-state index contributed by atoms with van der Waals surface area (Å²) in [4.78, 5) is 2.30. The third-order valence-corrected chi connectivity index (χ3v) is 5.23. The first kappa shape index (κ1) is 18.8. The topological polar surface area (TPSA) is 41.9 Å². The molecule has 1 N–H and O–H groups in total. The highest BCUT2D eigenvalue weighted by atomic mass is 35.5. The van der Waals surface area contributed by atoms with Crippen molar-refractivity contribution in [1.82, 2.24) is 4.90 Å². The van der Waals surface area contributed by atoms with Crippen molar-refractivity contribution in [2.45, 2.75) is 31.9 Å². The van der Waals surface area contributed by atoms with E-state index in [0.717, 1.165) is 25.1 Å². The van der Waals surface area contributed by atoms with Crippen molar-refractivity contribution in [2.24, 2.45) is 5.92 Å². The molecule has 1 aromatic carbocycles. The summed E-state index contributed by atoms with van der Waals surface area (Å²) >= 11 is 12.3. The van der Waals surface area contributed by atoms with Gasteiger partial charge in [-0.25, -0.2) is 0 Å². The summed E-state index contributed by atoms with van der Waals surface area (Å²) in [7, 11) is 3.28. The van der Waals surface area contributed by atoms with Gasteiger partial charge in [0.15, 0.2) is 0 Å². The third-order valence-electron chi connectivity index (χ3n) is 4.73. The molecule has 1 fully saturated rings. The molecule has 1 heterocycles. The number of methoxy groups -OCH3 is 2. The van der Waals surface area contributed by atoms with E-state index in [2.05, 4.69) is 11.8 Å².